The van der Waals surface area contributed by atoms with Crippen LogP contribution in [0.5, 0.6) is 0 Å². The predicted octanol–water partition coefficient (Wildman–Crippen LogP) is 17.9. The Morgan fingerprint density at radius 1 is 0.313 bits per heavy atom. The van der Waals surface area contributed by atoms with Crippen LogP contribution in [0.15, 0.2) is 134 Å². The molecule has 376 valence electrons. The van der Waals surface area contributed by atoms with Crippen LogP contribution in [0.4, 0.5) is 0 Å². The summed E-state index contributed by atoms with van der Waals surface area (Å²) in [5, 5.41) is 0. The molecule has 0 radical (unpaired) electrons. The Balaban J connectivity index is 4.54. The van der Waals surface area contributed by atoms with E-state index in [1.807, 2.05) is 12.2 Å². The van der Waals surface area contributed by atoms with Crippen LogP contribution in [0.2, 0.25) is 0 Å². The summed E-state index contributed by atoms with van der Waals surface area (Å²) in [7, 11) is 0. The van der Waals surface area contributed by atoms with Gasteiger partial charge < -0.3 is 14.2 Å². The predicted molar refractivity (Wildman–Crippen MR) is 288 cm³/mol. The van der Waals surface area contributed by atoms with E-state index in [4.69, 9.17) is 14.2 Å². The molecule has 0 spiro atoms. The number of allylic oxidation sites excluding steroid dienone is 22. The molecule has 0 fully saturated rings. The number of carbonyl (C=O) groups is 3. The zero-order chi connectivity index (χ0) is 48.6. The Bertz CT molecular complexity index is 1480. The van der Waals surface area contributed by atoms with Gasteiger partial charge in [0.2, 0.25) is 0 Å². The zero-order valence-corrected chi connectivity index (χ0v) is 42.9. The summed E-state index contributed by atoms with van der Waals surface area (Å²) in [6.45, 7) is 6.29. The SMILES string of the molecule is CC/C=C\C/C=C\C/C=C\C/C=C\C/C=C\C/C=C\CCC(=O)OC[C@H](COC(=O)CCCCC/C=C\C/C=C\C/C=C\C/C=C\C/C=C\CC)OC(=O)CCCCCCCCCCCCC. The Labute approximate surface area is 411 Å². The summed E-state index contributed by atoms with van der Waals surface area (Å²) in [6.07, 6.45) is 75.9. The molecule has 0 heterocycles. The second-order valence-corrected chi connectivity index (χ2v) is 17.0. The average Bonchev–Trinajstić information content (AvgIpc) is 3.33. The van der Waals surface area contributed by atoms with E-state index in [0.717, 1.165) is 116 Å². The van der Waals surface area contributed by atoms with Gasteiger partial charge in [0.15, 0.2) is 6.10 Å². The van der Waals surface area contributed by atoms with Crippen molar-refractivity contribution in [1.29, 1.82) is 0 Å². The lowest BCUT2D eigenvalue weighted by atomic mass is 10.1. The van der Waals surface area contributed by atoms with Crippen molar-refractivity contribution >= 4 is 17.9 Å². The molecule has 0 bridgehead atoms. The largest absolute Gasteiger partial charge is 0.462 e. The van der Waals surface area contributed by atoms with Crippen molar-refractivity contribution in [2.24, 2.45) is 0 Å². The highest BCUT2D eigenvalue weighted by Crippen LogP contribution is 2.13. The van der Waals surface area contributed by atoms with E-state index in [0.29, 0.717) is 19.3 Å². The first kappa shape index (κ1) is 62.5. The molecule has 0 unspecified atom stereocenters. The molecule has 0 aliphatic rings. The molecule has 1 atom stereocenters. The molecule has 0 aromatic carbocycles. The van der Waals surface area contributed by atoms with Gasteiger partial charge in [0.05, 0.1) is 0 Å². The standard InChI is InChI=1S/C61H96O6/c1-4-7-10-13-16-19-22-24-26-28-30-32-34-36-39-41-44-47-50-53-59(62)65-56-58(67-61(64)55-52-49-46-43-38-21-18-15-12-9-6-3)57-66-60(63)54-51-48-45-42-40-37-35-33-31-29-27-25-23-20-17-14-11-8-5-2/h7-8,10-11,16-17,19-20,24-27,30-33,36-37,39-40,44,47,58H,4-6,9,12-15,18,21-23,28-29,34-35,38,41-43,45-46,48-57H2,1-3H3/b10-7-,11-8-,19-16-,20-17-,26-24-,27-25-,32-30-,33-31-,39-36-,40-37-,47-44-/t58-/m1/s1. The Morgan fingerprint density at radius 2 is 0.612 bits per heavy atom. The average molecular weight is 925 g/mol. The molecule has 6 heteroatoms. The van der Waals surface area contributed by atoms with Crippen molar-refractivity contribution in [2.45, 2.75) is 219 Å². The molecule has 0 aromatic rings. The molecular weight excluding hydrogens is 829 g/mol. The molecule has 0 saturated carbocycles. The van der Waals surface area contributed by atoms with Gasteiger partial charge in [-0.2, -0.15) is 0 Å². The highest BCUT2D eigenvalue weighted by atomic mass is 16.6. The summed E-state index contributed by atoms with van der Waals surface area (Å²) in [5.41, 5.74) is 0. The summed E-state index contributed by atoms with van der Waals surface area (Å²) < 4.78 is 16.7. The maximum Gasteiger partial charge on any atom is 0.306 e. The first-order valence-corrected chi connectivity index (χ1v) is 26.7. The fourth-order valence-electron chi connectivity index (χ4n) is 6.73. The zero-order valence-electron chi connectivity index (χ0n) is 42.9. The van der Waals surface area contributed by atoms with Crippen LogP contribution in [0.25, 0.3) is 0 Å². The molecule has 0 rings (SSSR count). The lowest BCUT2D eigenvalue weighted by Gasteiger charge is -2.18. The van der Waals surface area contributed by atoms with Gasteiger partial charge >= 0.3 is 17.9 Å². The van der Waals surface area contributed by atoms with Crippen LogP contribution in [-0.2, 0) is 28.6 Å². The van der Waals surface area contributed by atoms with Crippen molar-refractivity contribution < 1.29 is 28.6 Å². The maximum atomic E-state index is 12.8. The van der Waals surface area contributed by atoms with Crippen molar-refractivity contribution in [3.8, 4) is 0 Å². The van der Waals surface area contributed by atoms with Crippen molar-refractivity contribution in [1.82, 2.24) is 0 Å². The van der Waals surface area contributed by atoms with Gasteiger partial charge in [0, 0.05) is 19.3 Å². The third kappa shape index (κ3) is 52.4. The summed E-state index contributed by atoms with van der Waals surface area (Å²) in [4.78, 5) is 38.0. The molecule has 67 heavy (non-hydrogen) atoms. The first-order chi connectivity index (χ1) is 33.0. The van der Waals surface area contributed by atoms with E-state index in [9.17, 15) is 14.4 Å². The van der Waals surface area contributed by atoms with Crippen molar-refractivity contribution in [3.63, 3.8) is 0 Å². The van der Waals surface area contributed by atoms with Gasteiger partial charge in [-0.25, -0.2) is 0 Å². The topological polar surface area (TPSA) is 78.9 Å². The Hall–Kier alpha value is -4.45. The smallest absolute Gasteiger partial charge is 0.306 e. The number of hydrogen-bond donors (Lipinski definition) is 0. The molecule has 0 aliphatic heterocycles. The third-order valence-electron chi connectivity index (χ3n) is 10.7. The van der Waals surface area contributed by atoms with Gasteiger partial charge in [0.25, 0.3) is 0 Å². The minimum atomic E-state index is -0.825. The third-order valence-corrected chi connectivity index (χ3v) is 10.7. The maximum absolute atomic E-state index is 12.8. The van der Waals surface area contributed by atoms with E-state index >= 15 is 0 Å². The lowest BCUT2D eigenvalue weighted by Crippen LogP contribution is -2.30. The van der Waals surface area contributed by atoms with E-state index < -0.39 is 6.10 Å². The molecule has 0 aliphatic carbocycles. The van der Waals surface area contributed by atoms with E-state index in [1.165, 1.54) is 51.4 Å². The van der Waals surface area contributed by atoms with Gasteiger partial charge in [0.1, 0.15) is 13.2 Å². The normalized spacial score (nSPS) is 13.2. The highest BCUT2D eigenvalue weighted by molar-refractivity contribution is 5.71. The van der Waals surface area contributed by atoms with Crippen LogP contribution in [-0.4, -0.2) is 37.2 Å². The number of rotatable bonds is 46. The van der Waals surface area contributed by atoms with E-state index in [-0.39, 0.29) is 37.5 Å². The fraction of sp³-hybridized carbons (Fsp3) is 0.590. The second-order valence-electron chi connectivity index (χ2n) is 17.0. The van der Waals surface area contributed by atoms with E-state index in [2.05, 4.69) is 142 Å². The quantitative estimate of drug-likeness (QED) is 0.0262. The van der Waals surface area contributed by atoms with Crippen molar-refractivity contribution in [2.75, 3.05) is 13.2 Å². The van der Waals surface area contributed by atoms with Gasteiger partial charge in [-0.05, 0) is 103 Å². The number of unbranched alkanes of at least 4 members (excludes halogenated alkanes) is 13. The number of carbonyl (C=O) groups excluding carboxylic acids is 3. The second kappa shape index (κ2) is 54.2. The van der Waals surface area contributed by atoms with E-state index in [1.54, 1.807) is 0 Å². The number of ether oxygens (including phenoxy) is 3. The minimum absolute atomic E-state index is 0.122. The Kier molecular flexibility index (Phi) is 50.6. The van der Waals surface area contributed by atoms with Crippen LogP contribution in [0.1, 0.15) is 213 Å². The fourth-order valence-corrected chi connectivity index (χ4v) is 6.73. The van der Waals surface area contributed by atoms with Crippen LogP contribution in [0, 0.1) is 0 Å². The molecular formula is C61H96O6. The highest BCUT2D eigenvalue weighted by Gasteiger charge is 2.19. The molecule has 0 amide bonds. The summed E-state index contributed by atoms with van der Waals surface area (Å²) >= 11 is 0. The minimum Gasteiger partial charge on any atom is -0.462 e. The van der Waals surface area contributed by atoms with Crippen molar-refractivity contribution in [3.05, 3.63) is 134 Å². The molecule has 0 N–H and O–H groups in total. The number of hydrogen-bond acceptors (Lipinski definition) is 6. The monoisotopic (exact) mass is 925 g/mol. The van der Waals surface area contributed by atoms with Gasteiger partial charge in [-0.3, -0.25) is 14.4 Å². The van der Waals surface area contributed by atoms with Crippen LogP contribution < -0.4 is 0 Å². The van der Waals surface area contributed by atoms with Gasteiger partial charge in [-0.1, -0.05) is 225 Å². The van der Waals surface area contributed by atoms with Crippen LogP contribution in [0.3, 0.4) is 0 Å². The molecule has 6 nitrogen and oxygen atoms in total. The van der Waals surface area contributed by atoms with Crippen LogP contribution >= 0.6 is 0 Å². The molecule has 0 aromatic heterocycles. The summed E-state index contributed by atoms with van der Waals surface area (Å²) in [5.74, 6) is -1.05. The molecule has 0 saturated heterocycles. The summed E-state index contributed by atoms with van der Waals surface area (Å²) in [6, 6.07) is 0. The lowest BCUT2D eigenvalue weighted by molar-refractivity contribution is -0.166. The first-order valence-electron chi connectivity index (χ1n) is 26.7. The van der Waals surface area contributed by atoms with Gasteiger partial charge in [-0.15, -0.1) is 0 Å². The number of esters is 3. The Morgan fingerprint density at radius 3 is 1.00 bits per heavy atom.